The smallest absolute Gasteiger partial charge is 0.340 e. The third-order valence-corrected chi connectivity index (χ3v) is 3.76. The number of pyridine rings is 1. The van der Waals surface area contributed by atoms with Crippen LogP contribution < -0.4 is 5.32 Å². The molecule has 2 rings (SSSR count). The van der Waals surface area contributed by atoms with Crippen molar-refractivity contribution in [3.05, 3.63) is 65.5 Å². The first-order valence-corrected chi connectivity index (χ1v) is 9.27. The third-order valence-electron chi connectivity index (χ3n) is 3.76. The number of esters is 3. The molecule has 30 heavy (non-hydrogen) atoms. The normalized spacial score (nSPS) is 10.2. The molecule has 0 atom stereocenters. The number of carbonyl (C=O) groups is 4. The number of nitrogens with zero attached hydrogens (tertiary/aromatic N) is 1. The van der Waals surface area contributed by atoms with E-state index in [1.807, 2.05) is 30.3 Å². The van der Waals surface area contributed by atoms with Gasteiger partial charge >= 0.3 is 17.9 Å². The highest BCUT2D eigenvalue weighted by Crippen LogP contribution is 2.07. The number of hydrogen-bond donors (Lipinski definition) is 1. The number of hydrogen-bond acceptors (Lipinski definition) is 8. The van der Waals surface area contributed by atoms with Crippen LogP contribution in [0.1, 0.15) is 40.3 Å². The van der Waals surface area contributed by atoms with E-state index in [1.54, 1.807) is 13.8 Å². The van der Waals surface area contributed by atoms with E-state index in [0.717, 1.165) is 5.56 Å². The quantitative estimate of drug-likeness (QED) is 0.374. The molecule has 1 heterocycles. The summed E-state index contributed by atoms with van der Waals surface area (Å²) in [6.07, 6.45) is 1.17. The minimum atomic E-state index is -1.62. The van der Waals surface area contributed by atoms with Crippen LogP contribution in [-0.4, -0.2) is 48.1 Å². The number of benzene rings is 1. The fourth-order valence-corrected chi connectivity index (χ4v) is 2.33. The fraction of sp³-hybridized carbons (Fsp3) is 0.286. The molecule has 0 saturated heterocycles. The zero-order valence-corrected chi connectivity index (χ0v) is 16.6. The molecule has 0 aliphatic heterocycles. The highest BCUT2D eigenvalue weighted by atomic mass is 16.6. The van der Waals surface area contributed by atoms with Crippen molar-refractivity contribution in [3.8, 4) is 0 Å². The van der Waals surface area contributed by atoms with E-state index >= 15 is 0 Å². The van der Waals surface area contributed by atoms with Crippen LogP contribution in [0.25, 0.3) is 0 Å². The van der Waals surface area contributed by atoms with Crippen molar-refractivity contribution in [2.24, 2.45) is 0 Å². The molecule has 9 heteroatoms. The summed E-state index contributed by atoms with van der Waals surface area (Å²) in [5, 5.41) is 2.23. The van der Waals surface area contributed by atoms with Gasteiger partial charge < -0.3 is 19.5 Å². The van der Waals surface area contributed by atoms with E-state index in [1.165, 1.54) is 18.3 Å². The van der Waals surface area contributed by atoms with Crippen LogP contribution in [-0.2, 0) is 30.4 Å². The summed E-state index contributed by atoms with van der Waals surface area (Å²) in [5.41, 5.74) is 0.877. The van der Waals surface area contributed by atoms with E-state index < -0.39 is 29.9 Å². The summed E-state index contributed by atoms with van der Waals surface area (Å²) in [6, 6.07) is 10.2. The predicted molar refractivity (Wildman–Crippen MR) is 104 cm³/mol. The molecule has 0 bridgehead atoms. The van der Waals surface area contributed by atoms with Crippen molar-refractivity contribution in [1.29, 1.82) is 0 Å². The standard InChI is InChI=1S/C21H22N2O7/c1-3-28-20(26)17(21(27)29-4-2)23-18(24)16-11-10-15(12-22-16)19(25)30-13-14-8-6-5-7-9-14/h5-12,17H,3-4,13H2,1-2H3,(H,23,24). The monoisotopic (exact) mass is 414 g/mol. The zero-order chi connectivity index (χ0) is 21.9. The van der Waals surface area contributed by atoms with E-state index in [4.69, 9.17) is 14.2 Å². The second-order valence-corrected chi connectivity index (χ2v) is 5.90. The van der Waals surface area contributed by atoms with Gasteiger partial charge in [-0.15, -0.1) is 0 Å². The van der Waals surface area contributed by atoms with Gasteiger partial charge in [0, 0.05) is 6.20 Å². The number of ether oxygens (including phenoxy) is 3. The van der Waals surface area contributed by atoms with Gasteiger partial charge in [-0.25, -0.2) is 14.4 Å². The maximum atomic E-state index is 12.4. The van der Waals surface area contributed by atoms with Crippen LogP contribution in [0.4, 0.5) is 0 Å². The van der Waals surface area contributed by atoms with Crippen LogP contribution in [0.2, 0.25) is 0 Å². The summed E-state index contributed by atoms with van der Waals surface area (Å²) in [4.78, 5) is 52.3. The van der Waals surface area contributed by atoms with Gasteiger partial charge in [0.2, 0.25) is 6.04 Å². The lowest BCUT2D eigenvalue weighted by molar-refractivity contribution is -0.157. The van der Waals surface area contributed by atoms with E-state index in [2.05, 4.69) is 10.3 Å². The fourth-order valence-electron chi connectivity index (χ4n) is 2.33. The summed E-state index contributed by atoms with van der Waals surface area (Å²) in [6.45, 7) is 3.30. The van der Waals surface area contributed by atoms with Gasteiger partial charge in [0.1, 0.15) is 12.3 Å². The van der Waals surface area contributed by atoms with Gasteiger partial charge in [0.15, 0.2) is 0 Å². The van der Waals surface area contributed by atoms with Crippen molar-refractivity contribution < 1.29 is 33.4 Å². The second kappa shape index (κ2) is 11.3. The molecule has 0 aliphatic carbocycles. The van der Waals surface area contributed by atoms with Crippen LogP contribution in [0.5, 0.6) is 0 Å². The Morgan fingerprint density at radius 1 is 0.900 bits per heavy atom. The van der Waals surface area contributed by atoms with Crippen molar-refractivity contribution in [1.82, 2.24) is 10.3 Å². The van der Waals surface area contributed by atoms with E-state index in [-0.39, 0.29) is 31.1 Å². The predicted octanol–water partition coefficient (Wildman–Crippen LogP) is 1.66. The first kappa shape index (κ1) is 22.5. The maximum Gasteiger partial charge on any atom is 0.340 e. The summed E-state index contributed by atoms with van der Waals surface area (Å²) in [5.74, 6) is -3.28. The average molecular weight is 414 g/mol. The number of carbonyl (C=O) groups excluding carboxylic acids is 4. The molecule has 2 aromatic rings. The molecule has 0 aliphatic rings. The Balaban J connectivity index is 2.01. The van der Waals surface area contributed by atoms with Crippen LogP contribution in [0, 0.1) is 0 Å². The second-order valence-electron chi connectivity index (χ2n) is 5.90. The summed E-state index contributed by atoms with van der Waals surface area (Å²) < 4.78 is 14.8. The van der Waals surface area contributed by atoms with Gasteiger partial charge in [0.05, 0.1) is 18.8 Å². The van der Waals surface area contributed by atoms with Crippen molar-refractivity contribution in [2.75, 3.05) is 13.2 Å². The highest BCUT2D eigenvalue weighted by molar-refractivity contribution is 6.05. The van der Waals surface area contributed by atoms with Crippen LogP contribution in [0.15, 0.2) is 48.7 Å². The Hall–Kier alpha value is -3.75. The molecular weight excluding hydrogens is 392 g/mol. The molecule has 0 radical (unpaired) electrons. The van der Waals surface area contributed by atoms with Gasteiger partial charge in [-0.2, -0.15) is 0 Å². The molecule has 0 saturated carbocycles. The SMILES string of the molecule is CCOC(=O)C(NC(=O)c1ccc(C(=O)OCc2ccccc2)cn1)C(=O)OCC. The largest absolute Gasteiger partial charge is 0.464 e. The van der Waals surface area contributed by atoms with Gasteiger partial charge in [-0.1, -0.05) is 30.3 Å². The van der Waals surface area contributed by atoms with Crippen molar-refractivity contribution in [2.45, 2.75) is 26.5 Å². The number of nitrogens with one attached hydrogen (secondary N) is 1. The van der Waals surface area contributed by atoms with Crippen LogP contribution in [0.3, 0.4) is 0 Å². The lowest BCUT2D eigenvalue weighted by atomic mass is 10.2. The van der Waals surface area contributed by atoms with Gasteiger partial charge in [-0.3, -0.25) is 9.78 Å². The minimum absolute atomic E-state index is 0.0304. The molecular formula is C21H22N2O7. The first-order valence-electron chi connectivity index (χ1n) is 9.27. The third kappa shape index (κ3) is 6.40. The molecule has 0 spiro atoms. The lowest BCUT2D eigenvalue weighted by Gasteiger charge is -2.15. The molecule has 1 amide bonds. The average Bonchev–Trinajstić information content (AvgIpc) is 2.76. The molecule has 0 fully saturated rings. The molecule has 1 aromatic carbocycles. The van der Waals surface area contributed by atoms with Gasteiger partial charge in [0.25, 0.3) is 5.91 Å². The summed E-state index contributed by atoms with van der Waals surface area (Å²) in [7, 11) is 0. The first-order chi connectivity index (χ1) is 14.5. The van der Waals surface area contributed by atoms with Gasteiger partial charge in [-0.05, 0) is 31.5 Å². The molecule has 1 N–H and O–H groups in total. The van der Waals surface area contributed by atoms with Crippen LogP contribution >= 0.6 is 0 Å². The Labute approximate surface area is 173 Å². The lowest BCUT2D eigenvalue weighted by Crippen LogP contribution is -2.48. The molecule has 9 nitrogen and oxygen atoms in total. The number of aromatic nitrogens is 1. The number of amides is 1. The zero-order valence-electron chi connectivity index (χ0n) is 16.6. The van der Waals surface area contributed by atoms with Crippen molar-refractivity contribution in [3.63, 3.8) is 0 Å². The summed E-state index contributed by atoms with van der Waals surface area (Å²) >= 11 is 0. The Kier molecular flexibility index (Phi) is 8.49. The van der Waals surface area contributed by atoms with Crippen molar-refractivity contribution >= 4 is 23.8 Å². The Morgan fingerprint density at radius 2 is 1.53 bits per heavy atom. The minimum Gasteiger partial charge on any atom is -0.464 e. The highest BCUT2D eigenvalue weighted by Gasteiger charge is 2.31. The van der Waals surface area contributed by atoms with E-state index in [9.17, 15) is 19.2 Å². The molecule has 1 aromatic heterocycles. The maximum absolute atomic E-state index is 12.4. The molecule has 0 unspecified atom stereocenters. The molecule has 158 valence electrons. The Bertz CT molecular complexity index is 864. The number of rotatable bonds is 9. The topological polar surface area (TPSA) is 121 Å². The Morgan fingerprint density at radius 3 is 2.07 bits per heavy atom. The van der Waals surface area contributed by atoms with E-state index in [0.29, 0.717) is 0 Å².